The minimum absolute atomic E-state index is 0.108. The van der Waals surface area contributed by atoms with E-state index in [4.69, 9.17) is 0 Å². The molecule has 5 nitrogen and oxygen atoms in total. The molecule has 1 fully saturated rings. The Morgan fingerprint density at radius 3 is 2.26 bits per heavy atom. The summed E-state index contributed by atoms with van der Waals surface area (Å²) in [6, 6.07) is 16.8. The lowest BCUT2D eigenvalue weighted by Gasteiger charge is -2.14. The number of Topliss-reactive ketones (excluding diaryl/α,β-unsaturated/α-hetero) is 1. The Hall–Kier alpha value is -3.65. The third-order valence-electron chi connectivity index (χ3n) is 6.22. The molecule has 0 amide bonds. The Morgan fingerprint density at radius 1 is 0.941 bits per heavy atom. The number of thiazole rings is 1. The van der Waals surface area contributed by atoms with Crippen LogP contribution in [0.15, 0.2) is 60.7 Å². The van der Waals surface area contributed by atoms with Crippen molar-refractivity contribution in [1.82, 2.24) is 4.98 Å². The van der Waals surface area contributed by atoms with Gasteiger partial charge in [-0.3, -0.25) is 9.59 Å². The molecule has 8 heteroatoms. The van der Waals surface area contributed by atoms with Gasteiger partial charge in [0.15, 0.2) is 10.9 Å². The summed E-state index contributed by atoms with van der Waals surface area (Å²) in [7, 11) is 0. The SMILES string of the molecule is O=C(O)[C@H]1CCC[C@@H]1C(=O)c1ccc(-c2ccc(Nc3nc4cc(F)cc(F)c4s3)cc2)cc1. The summed E-state index contributed by atoms with van der Waals surface area (Å²) < 4.78 is 27.6. The van der Waals surface area contributed by atoms with Crippen LogP contribution in [0.25, 0.3) is 21.3 Å². The summed E-state index contributed by atoms with van der Waals surface area (Å²) in [5.41, 5.74) is 3.40. The van der Waals surface area contributed by atoms with E-state index in [1.807, 2.05) is 36.4 Å². The number of carbonyl (C=O) groups excluding carboxylic acids is 1. The van der Waals surface area contributed by atoms with Crippen LogP contribution in [0, 0.1) is 23.5 Å². The van der Waals surface area contributed by atoms with Crippen LogP contribution in [0.4, 0.5) is 19.6 Å². The zero-order valence-corrected chi connectivity index (χ0v) is 18.7. The standard InChI is InChI=1S/C26H20F2N2O3S/c27-17-12-21(28)24-22(13-17)30-26(34-24)29-18-10-8-15(9-11-18)14-4-6-16(7-5-14)23(31)19-2-1-3-20(19)25(32)33/h4-13,19-20H,1-3H2,(H,29,30)(H,32,33)/t19-,20-/m0/s1. The third-order valence-corrected chi connectivity index (χ3v) is 7.21. The number of hydrogen-bond donors (Lipinski definition) is 2. The zero-order chi connectivity index (χ0) is 23.8. The van der Waals surface area contributed by atoms with Crippen molar-refractivity contribution < 1.29 is 23.5 Å². The monoisotopic (exact) mass is 478 g/mol. The van der Waals surface area contributed by atoms with Gasteiger partial charge in [-0.1, -0.05) is 54.2 Å². The fraction of sp³-hybridized carbons (Fsp3) is 0.192. The van der Waals surface area contributed by atoms with Crippen molar-refractivity contribution in [3.63, 3.8) is 0 Å². The van der Waals surface area contributed by atoms with Crippen molar-refractivity contribution in [1.29, 1.82) is 0 Å². The molecule has 34 heavy (non-hydrogen) atoms. The summed E-state index contributed by atoms with van der Waals surface area (Å²) in [4.78, 5) is 28.5. The number of benzene rings is 3. The molecule has 0 radical (unpaired) electrons. The Bertz CT molecular complexity index is 1380. The van der Waals surface area contributed by atoms with Gasteiger partial charge >= 0.3 is 5.97 Å². The number of rotatable bonds is 6. The summed E-state index contributed by atoms with van der Waals surface area (Å²) in [6.45, 7) is 0. The molecule has 172 valence electrons. The van der Waals surface area contributed by atoms with Crippen LogP contribution in [-0.4, -0.2) is 21.8 Å². The lowest BCUT2D eigenvalue weighted by Crippen LogP contribution is -2.25. The summed E-state index contributed by atoms with van der Waals surface area (Å²) in [5, 5.41) is 12.9. The Balaban J connectivity index is 1.29. The van der Waals surface area contributed by atoms with E-state index in [0.717, 1.165) is 40.6 Å². The molecular weight excluding hydrogens is 458 g/mol. The van der Waals surface area contributed by atoms with Gasteiger partial charge in [0.2, 0.25) is 0 Å². The first-order valence-corrected chi connectivity index (χ1v) is 11.7. The number of nitrogens with one attached hydrogen (secondary N) is 1. The van der Waals surface area contributed by atoms with Gasteiger partial charge in [0.1, 0.15) is 11.6 Å². The van der Waals surface area contributed by atoms with Crippen molar-refractivity contribution in [2.45, 2.75) is 19.3 Å². The zero-order valence-electron chi connectivity index (χ0n) is 17.9. The summed E-state index contributed by atoms with van der Waals surface area (Å²) in [6.07, 6.45) is 1.92. The number of aliphatic carboxylic acids is 1. The molecule has 1 aromatic heterocycles. The van der Waals surface area contributed by atoms with Crippen LogP contribution in [0.1, 0.15) is 29.6 Å². The van der Waals surface area contributed by atoms with Crippen LogP contribution < -0.4 is 5.32 Å². The first kappa shape index (κ1) is 22.2. The molecule has 0 aliphatic heterocycles. The van der Waals surface area contributed by atoms with Gasteiger partial charge in [0, 0.05) is 29.3 Å². The smallest absolute Gasteiger partial charge is 0.307 e. The van der Waals surface area contributed by atoms with E-state index in [0.29, 0.717) is 28.2 Å². The van der Waals surface area contributed by atoms with Gasteiger partial charge in [-0.15, -0.1) is 0 Å². The van der Waals surface area contributed by atoms with Gasteiger partial charge in [0.25, 0.3) is 0 Å². The van der Waals surface area contributed by atoms with Crippen molar-refractivity contribution in [3.05, 3.63) is 77.9 Å². The van der Waals surface area contributed by atoms with Gasteiger partial charge < -0.3 is 10.4 Å². The van der Waals surface area contributed by atoms with E-state index >= 15 is 0 Å². The average molecular weight is 479 g/mol. The van der Waals surface area contributed by atoms with E-state index in [1.54, 1.807) is 12.1 Å². The molecule has 2 N–H and O–H groups in total. The number of ketones is 1. The molecule has 1 saturated carbocycles. The molecule has 0 bridgehead atoms. The Labute approximate surface area is 198 Å². The summed E-state index contributed by atoms with van der Waals surface area (Å²) in [5.74, 6) is -3.36. The molecule has 1 heterocycles. The van der Waals surface area contributed by atoms with E-state index in [2.05, 4.69) is 10.3 Å². The maximum atomic E-state index is 13.9. The van der Waals surface area contributed by atoms with Gasteiger partial charge in [-0.25, -0.2) is 13.8 Å². The predicted octanol–water partition coefficient (Wildman–Crippen LogP) is 6.67. The molecule has 1 aliphatic rings. The molecule has 0 unspecified atom stereocenters. The van der Waals surface area contributed by atoms with Crippen molar-refractivity contribution >= 4 is 44.1 Å². The van der Waals surface area contributed by atoms with Gasteiger partial charge in [-0.05, 0) is 36.1 Å². The molecule has 5 rings (SSSR count). The molecule has 0 spiro atoms. The highest BCUT2D eigenvalue weighted by atomic mass is 32.1. The van der Waals surface area contributed by atoms with E-state index in [-0.39, 0.29) is 11.3 Å². The normalized spacial score (nSPS) is 17.7. The fourth-order valence-electron chi connectivity index (χ4n) is 4.49. The van der Waals surface area contributed by atoms with Gasteiger partial charge in [-0.2, -0.15) is 0 Å². The number of nitrogens with zero attached hydrogens (tertiary/aromatic N) is 1. The van der Waals surface area contributed by atoms with Crippen LogP contribution in [0.2, 0.25) is 0 Å². The van der Waals surface area contributed by atoms with Crippen LogP contribution >= 0.6 is 11.3 Å². The number of fused-ring (bicyclic) bond motifs is 1. The van der Waals surface area contributed by atoms with Crippen LogP contribution in [-0.2, 0) is 4.79 Å². The molecule has 0 saturated heterocycles. The largest absolute Gasteiger partial charge is 0.481 e. The number of carbonyl (C=O) groups is 2. The van der Waals surface area contributed by atoms with Crippen LogP contribution in [0.5, 0.6) is 0 Å². The lowest BCUT2D eigenvalue weighted by molar-refractivity contribution is -0.142. The topological polar surface area (TPSA) is 79.3 Å². The maximum Gasteiger partial charge on any atom is 0.307 e. The van der Waals surface area contributed by atoms with E-state index < -0.39 is 29.4 Å². The number of hydrogen-bond acceptors (Lipinski definition) is 5. The average Bonchev–Trinajstić information content (AvgIpc) is 3.47. The van der Waals surface area contributed by atoms with E-state index in [1.165, 1.54) is 6.07 Å². The first-order chi connectivity index (χ1) is 16.4. The quantitative estimate of drug-likeness (QED) is 0.303. The lowest BCUT2D eigenvalue weighted by atomic mass is 9.88. The van der Waals surface area contributed by atoms with Crippen molar-refractivity contribution in [3.8, 4) is 11.1 Å². The third kappa shape index (κ3) is 4.28. The molecule has 4 aromatic rings. The second kappa shape index (κ2) is 8.95. The number of aromatic nitrogens is 1. The second-order valence-electron chi connectivity index (χ2n) is 8.38. The summed E-state index contributed by atoms with van der Waals surface area (Å²) >= 11 is 1.11. The molecular formula is C26H20F2N2O3S. The molecule has 1 aliphatic carbocycles. The van der Waals surface area contributed by atoms with Crippen molar-refractivity contribution in [2.75, 3.05) is 5.32 Å². The Kier molecular flexibility index (Phi) is 5.83. The molecule has 2 atom stereocenters. The van der Waals surface area contributed by atoms with Crippen molar-refractivity contribution in [2.24, 2.45) is 11.8 Å². The van der Waals surface area contributed by atoms with Crippen LogP contribution in [0.3, 0.4) is 0 Å². The second-order valence-corrected chi connectivity index (χ2v) is 9.38. The highest BCUT2D eigenvalue weighted by Crippen LogP contribution is 2.35. The minimum atomic E-state index is -0.899. The number of halogens is 2. The number of anilines is 2. The Morgan fingerprint density at radius 2 is 1.59 bits per heavy atom. The highest BCUT2D eigenvalue weighted by Gasteiger charge is 2.37. The minimum Gasteiger partial charge on any atom is -0.481 e. The van der Waals surface area contributed by atoms with Gasteiger partial charge in [0.05, 0.1) is 16.1 Å². The predicted molar refractivity (Wildman–Crippen MR) is 127 cm³/mol. The first-order valence-electron chi connectivity index (χ1n) is 10.9. The maximum absolute atomic E-state index is 13.9. The van der Waals surface area contributed by atoms with E-state index in [9.17, 15) is 23.5 Å². The number of carboxylic acids is 1. The number of carboxylic acid groups (broad SMARTS) is 1. The highest BCUT2D eigenvalue weighted by molar-refractivity contribution is 7.22. The fourth-order valence-corrected chi connectivity index (χ4v) is 5.36. The molecule has 3 aromatic carbocycles.